The van der Waals surface area contributed by atoms with Crippen LogP contribution in [0.2, 0.25) is 0 Å². The fourth-order valence-corrected chi connectivity index (χ4v) is 4.07. The fourth-order valence-electron chi connectivity index (χ4n) is 2.25. The molecule has 1 saturated heterocycles. The second-order valence-corrected chi connectivity index (χ2v) is 7.76. The molecular weight excluding hydrogens is 350 g/mol. The predicted molar refractivity (Wildman–Crippen MR) is 101 cm³/mol. The van der Waals surface area contributed by atoms with Crippen LogP contribution in [0.25, 0.3) is 6.08 Å². The van der Waals surface area contributed by atoms with Crippen molar-refractivity contribution in [2.45, 2.75) is 19.4 Å². The molecule has 1 atom stereocenters. The van der Waals surface area contributed by atoms with E-state index in [0.717, 1.165) is 22.9 Å². The van der Waals surface area contributed by atoms with Gasteiger partial charge in [-0.1, -0.05) is 53.8 Å². The molecule has 1 aliphatic rings. The number of aryl methyl sites for hydroxylation is 1. The smallest absolute Gasteiger partial charge is 0.326 e. The number of hydrogen-bond donors (Lipinski definition) is 1. The lowest BCUT2D eigenvalue weighted by Gasteiger charge is -2.22. The number of nitrogens with zero attached hydrogens (tertiary/aromatic N) is 1. The molecule has 0 saturated carbocycles. The van der Waals surface area contributed by atoms with Crippen LogP contribution in [0.15, 0.2) is 29.2 Å². The molecular formula is C16H17NO3S3. The van der Waals surface area contributed by atoms with E-state index in [1.165, 1.54) is 4.90 Å². The highest BCUT2D eigenvalue weighted by atomic mass is 32.2. The molecule has 0 unspecified atom stereocenters. The number of carbonyl (C=O) groups excluding carboxylic acids is 1. The zero-order valence-electron chi connectivity index (χ0n) is 12.8. The van der Waals surface area contributed by atoms with Crippen molar-refractivity contribution in [2.24, 2.45) is 0 Å². The monoisotopic (exact) mass is 367 g/mol. The Morgan fingerprint density at radius 3 is 2.87 bits per heavy atom. The van der Waals surface area contributed by atoms with Gasteiger partial charge < -0.3 is 5.11 Å². The number of carbonyl (C=O) groups is 2. The summed E-state index contributed by atoms with van der Waals surface area (Å²) in [6, 6.07) is 6.86. The molecule has 1 aromatic rings. The molecule has 0 radical (unpaired) electrons. The van der Waals surface area contributed by atoms with E-state index in [9.17, 15) is 14.7 Å². The number of amides is 1. The summed E-state index contributed by atoms with van der Waals surface area (Å²) in [6.07, 6.45) is 4.04. The second-order valence-electron chi connectivity index (χ2n) is 5.10. The lowest BCUT2D eigenvalue weighted by molar-refractivity contribution is -0.145. The van der Waals surface area contributed by atoms with Gasteiger partial charge in [-0.15, -0.1) is 0 Å². The Labute approximate surface area is 149 Å². The van der Waals surface area contributed by atoms with E-state index in [0.29, 0.717) is 21.4 Å². The first-order valence-corrected chi connectivity index (χ1v) is 9.61. The minimum Gasteiger partial charge on any atom is -0.480 e. The van der Waals surface area contributed by atoms with Crippen LogP contribution >= 0.6 is 35.7 Å². The molecule has 1 aromatic carbocycles. The third kappa shape index (κ3) is 4.37. The van der Waals surface area contributed by atoms with Crippen molar-refractivity contribution in [1.82, 2.24) is 4.90 Å². The van der Waals surface area contributed by atoms with Gasteiger partial charge in [-0.05, 0) is 37.0 Å². The molecule has 1 aliphatic heterocycles. The summed E-state index contributed by atoms with van der Waals surface area (Å²) in [4.78, 5) is 25.8. The van der Waals surface area contributed by atoms with Gasteiger partial charge in [-0.2, -0.15) is 11.8 Å². The number of thioether (sulfide) groups is 2. The van der Waals surface area contributed by atoms with Gasteiger partial charge in [-0.25, -0.2) is 4.79 Å². The highest BCUT2D eigenvalue weighted by Gasteiger charge is 2.40. The average Bonchev–Trinajstić information content (AvgIpc) is 2.75. The summed E-state index contributed by atoms with van der Waals surface area (Å²) in [5.41, 5.74) is 2.00. The van der Waals surface area contributed by atoms with Crippen molar-refractivity contribution >= 4 is 58.0 Å². The Bertz CT molecular complexity index is 672. The molecule has 1 amide bonds. The molecule has 4 nitrogen and oxygen atoms in total. The van der Waals surface area contributed by atoms with Crippen LogP contribution < -0.4 is 0 Å². The summed E-state index contributed by atoms with van der Waals surface area (Å²) in [5.74, 6) is -0.688. The largest absolute Gasteiger partial charge is 0.480 e. The molecule has 122 valence electrons. The van der Waals surface area contributed by atoms with Crippen LogP contribution in [0.5, 0.6) is 0 Å². The Morgan fingerprint density at radius 2 is 2.26 bits per heavy atom. The molecule has 0 bridgehead atoms. The number of carboxylic acids is 1. The number of hydrogen-bond acceptors (Lipinski definition) is 5. The second kappa shape index (κ2) is 7.99. The summed E-state index contributed by atoms with van der Waals surface area (Å²) < 4.78 is 0.308. The van der Waals surface area contributed by atoms with E-state index < -0.39 is 12.0 Å². The third-order valence-corrected chi connectivity index (χ3v) is 5.33. The normalized spacial score (nSPS) is 17.8. The number of rotatable bonds is 6. The van der Waals surface area contributed by atoms with Crippen molar-refractivity contribution in [1.29, 1.82) is 0 Å². The maximum absolute atomic E-state index is 12.6. The summed E-state index contributed by atoms with van der Waals surface area (Å²) >= 11 is 7.95. The summed E-state index contributed by atoms with van der Waals surface area (Å²) in [6.45, 7) is 1.98. The van der Waals surface area contributed by atoms with Gasteiger partial charge in [0, 0.05) is 0 Å². The van der Waals surface area contributed by atoms with E-state index in [1.807, 2.05) is 37.4 Å². The molecule has 0 aromatic heterocycles. The number of aliphatic carboxylic acids is 1. The zero-order chi connectivity index (χ0) is 17.0. The van der Waals surface area contributed by atoms with Gasteiger partial charge in [0.2, 0.25) is 0 Å². The first-order valence-electron chi connectivity index (χ1n) is 6.99. The van der Waals surface area contributed by atoms with Crippen LogP contribution in [-0.2, 0) is 9.59 Å². The van der Waals surface area contributed by atoms with E-state index in [1.54, 1.807) is 17.8 Å². The Balaban J connectivity index is 2.26. The average molecular weight is 368 g/mol. The number of thiocarbonyl (C=S) groups is 1. The van der Waals surface area contributed by atoms with Gasteiger partial charge >= 0.3 is 5.97 Å². The minimum atomic E-state index is -1.02. The number of benzene rings is 1. The van der Waals surface area contributed by atoms with Crippen molar-refractivity contribution in [2.75, 3.05) is 12.0 Å². The Hall–Kier alpha value is -1.31. The van der Waals surface area contributed by atoms with Crippen LogP contribution in [0.1, 0.15) is 17.5 Å². The topological polar surface area (TPSA) is 57.6 Å². The lowest BCUT2D eigenvalue weighted by atomic mass is 10.1. The molecule has 1 fully saturated rings. The molecule has 1 N–H and O–H groups in total. The van der Waals surface area contributed by atoms with Crippen molar-refractivity contribution < 1.29 is 14.7 Å². The molecule has 7 heteroatoms. The van der Waals surface area contributed by atoms with E-state index in [-0.39, 0.29) is 5.91 Å². The molecule has 23 heavy (non-hydrogen) atoms. The van der Waals surface area contributed by atoms with Gasteiger partial charge in [0.1, 0.15) is 10.4 Å². The lowest BCUT2D eigenvalue weighted by Crippen LogP contribution is -2.44. The predicted octanol–water partition coefficient (Wildman–Crippen LogP) is 3.40. The highest BCUT2D eigenvalue weighted by molar-refractivity contribution is 8.26. The van der Waals surface area contributed by atoms with Crippen molar-refractivity contribution in [3.63, 3.8) is 0 Å². The summed E-state index contributed by atoms with van der Waals surface area (Å²) in [5, 5.41) is 9.42. The number of carboxylic acid groups (broad SMARTS) is 1. The van der Waals surface area contributed by atoms with E-state index in [4.69, 9.17) is 12.2 Å². The molecule has 0 spiro atoms. The van der Waals surface area contributed by atoms with Gasteiger partial charge in [0.15, 0.2) is 0 Å². The van der Waals surface area contributed by atoms with Gasteiger partial charge in [0.05, 0.1) is 4.91 Å². The first-order chi connectivity index (χ1) is 10.9. The molecule has 1 heterocycles. The highest BCUT2D eigenvalue weighted by Crippen LogP contribution is 2.34. The van der Waals surface area contributed by atoms with Crippen molar-refractivity contribution in [3.8, 4) is 0 Å². The zero-order valence-corrected chi connectivity index (χ0v) is 15.3. The van der Waals surface area contributed by atoms with Crippen LogP contribution in [-0.4, -0.2) is 44.3 Å². The third-order valence-electron chi connectivity index (χ3n) is 3.36. The van der Waals surface area contributed by atoms with Crippen molar-refractivity contribution in [3.05, 3.63) is 40.3 Å². The van der Waals surface area contributed by atoms with E-state index >= 15 is 0 Å². The van der Waals surface area contributed by atoms with Crippen LogP contribution in [0, 0.1) is 6.92 Å². The molecule has 0 aliphatic carbocycles. The summed E-state index contributed by atoms with van der Waals surface area (Å²) in [7, 11) is 0. The first kappa shape index (κ1) is 18.0. The van der Waals surface area contributed by atoms with Crippen LogP contribution in [0.4, 0.5) is 0 Å². The van der Waals surface area contributed by atoms with Crippen LogP contribution in [0.3, 0.4) is 0 Å². The standard InChI is InChI=1S/C16H17NO3S3/c1-10-4-3-5-11(8-10)9-13-14(18)17(16(21)23-13)12(15(19)20)6-7-22-2/h3-5,8-9,12H,6-7H2,1-2H3,(H,19,20)/b13-9+/t12-/m0/s1. The minimum absolute atomic E-state index is 0.308. The Kier molecular flexibility index (Phi) is 6.26. The Morgan fingerprint density at radius 1 is 1.52 bits per heavy atom. The van der Waals surface area contributed by atoms with Gasteiger partial charge in [-0.3, -0.25) is 9.69 Å². The quantitative estimate of drug-likeness (QED) is 0.614. The maximum atomic E-state index is 12.6. The molecule has 2 rings (SSSR count). The SMILES string of the molecule is CSCC[C@@H](C(=O)O)N1C(=O)/C(=C\c2cccc(C)c2)SC1=S. The van der Waals surface area contributed by atoms with E-state index in [2.05, 4.69) is 0 Å². The maximum Gasteiger partial charge on any atom is 0.326 e. The fraction of sp³-hybridized carbons (Fsp3) is 0.312. The van der Waals surface area contributed by atoms with Gasteiger partial charge in [0.25, 0.3) is 5.91 Å².